The molecule has 0 radical (unpaired) electrons. The van der Waals surface area contributed by atoms with Crippen molar-refractivity contribution in [3.63, 3.8) is 0 Å². The average Bonchev–Trinajstić information content (AvgIpc) is 1.85. The summed E-state index contributed by atoms with van der Waals surface area (Å²) in [7, 11) is 8.41. The molecule has 0 bridgehead atoms. The van der Waals surface area contributed by atoms with Crippen LogP contribution in [-0.2, 0) is 10.1 Å². The molecule has 2 nitrogen and oxygen atoms in total. The summed E-state index contributed by atoms with van der Waals surface area (Å²) in [6, 6.07) is 0. The van der Waals surface area contributed by atoms with E-state index in [-0.39, 0.29) is 10.1 Å². The van der Waals surface area contributed by atoms with Crippen molar-refractivity contribution in [2.45, 2.75) is 0 Å². The Hall–Kier alpha value is 2.00. The summed E-state index contributed by atoms with van der Waals surface area (Å²) in [5.74, 6) is 0. The normalized spacial score (nSPS) is 9.09. The van der Waals surface area contributed by atoms with Gasteiger partial charge in [-0.05, 0) is 28.2 Å². The van der Waals surface area contributed by atoms with E-state index in [2.05, 4.69) is 77.5 Å². The molecule has 0 heterocycles. The zero-order valence-corrected chi connectivity index (χ0v) is 15.1. The third-order valence-electron chi connectivity index (χ3n) is 0.994. The van der Waals surface area contributed by atoms with E-state index in [1.807, 2.05) is 0 Å². The molecular weight excluding hydrogens is 419 g/mol. The monoisotopic (exact) mass is 434 g/mol. The van der Waals surface area contributed by atoms with Crippen LogP contribution in [0.5, 0.6) is 0 Å². The van der Waals surface area contributed by atoms with Crippen LogP contribution in [0.2, 0.25) is 0 Å². The predicted molar refractivity (Wildman–Crippen MR) is 65.1 cm³/mol. The molecule has 0 aliphatic carbocycles. The summed E-state index contributed by atoms with van der Waals surface area (Å²) in [5, 5.41) is 0. The van der Waals surface area contributed by atoms with Crippen LogP contribution >= 0.6 is 39.5 Å². The maximum absolute atomic E-state index is 2.46. The summed E-state index contributed by atoms with van der Waals surface area (Å²) in [6.07, 6.45) is 0. The van der Waals surface area contributed by atoms with Gasteiger partial charge in [-0.25, -0.2) is 0 Å². The van der Waals surface area contributed by atoms with Gasteiger partial charge in [-0.3, -0.25) is 0 Å². The zero-order valence-electron chi connectivity index (χ0n) is 7.77. The fourth-order valence-corrected chi connectivity index (χ4v) is 0.400. The van der Waals surface area contributed by atoms with E-state index in [1.165, 1.54) is 0 Å². The summed E-state index contributed by atoms with van der Waals surface area (Å²) in [6.45, 7) is 2.29. The molecule has 0 rings (SSSR count). The molecule has 0 aliphatic rings. The molecule has 0 aromatic carbocycles. The predicted octanol–water partition coefficient (Wildman–Crippen LogP) is 1.88. The van der Waals surface area contributed by atoms with Crippen LogP contribution in [0.4, 0.5) is 0 Å². The van der Waals surface area contributed by atoms with Gasteiger partial charge in [-0.15, -0.1) is 0 Å². The number of rotatable bonds is 3. The van der Waals surface area contributed by atoms with Crippen molar-refractivity contribution in [2.75, 3.05) is 41.3 Å². The van der Waals surface area contributed by atoms with Crippen LogP contribution in [0.3, 0.4) is 0 Å². The van der Waals surface area contributed by atoms with Crippen molar-refractivity contribution in [2.24, 2.45) is 0 Å². The van der Waals surface area contributed by atoms with E-state index in [0.29, 0.717) is 0 Å². The van der Waals surface area contributed by atoms with Gasteiger partial charge in [0.15, 0.2) is 0 Å². The number of hydrogen-bond acceptors (Lipinski definition) is 2. The molecule has 0 unspecified atom stereocenters. The van der Waals surface area contributed by atoms with Gasteiger partial charge in [0.25, 0.3) is 0 Å². The van der Waals surface area contributed by atoms with Crippen LogP contribution in [-0.4, -0.2) is 51.1 Å². The molecule has 0 fully saturated rings. The quantitative estimate of drug-likeness (QED) is 0.494. The third-order valence-corrected chi connectivity index (χ3v) is 0.994. The number of hydrogen-bond donors (Lipinski definition) is 0. The molecule has 66 valence electrons. The molecule has 0 saturated heterocycles. The second kappa shape index (κ2) is 12.0. The molecular formula is C6H16I2N2Zn. The first-order valence-corrected chi connectivity index (χ1v) is 21.6. The Bertz CT molecular complexity index is 63.6. The zero-order chi connectivity index (χ0) is 9.28. The van der Waals surface area contributed by atoms with Crippen LogP contribution < -0.4 is 0 Å². The molecule has 0 atom stereocenters. The summed E-state index contributed by atoms with van der Waals surface area (Å²) >= 11 is 4.93. The van der Waals surface area contributed by atoms with Gasteiger partial charge in [-0.1, -0.05) is 0 Å². The SMILES string of the molecule is CN(C)CCN(C)C.[I][Zn][I]. The van der Waals surface area contributed by atoms with E-state index in [0.717, 1.165) is 13.1 Å². The van der Waals surface area contributed by atoms with Crippen molar-refractivity contribution >= 4 is 39.5 Å². The minimum atomic E-state index is 0.0650. The van der Waals surface area contributed by atoms with E-state index < -0.39 is 0 Å². The van der Waals surface area contributed by atoms with Crippen molar-refractivity contribution < 1.29 is 10.1 Å². The van der Waals surface area contributed by atoms with E-state index in [9.17, 15) is 0 Å². The summed E-state index contributed by atoms with van der Waals surface area (Å²) < 4.78 is 0. The van der Waals surface area contributed by atoms with Gasteiger partial charge in [0.05, 0.1) is 0 Å². The van der Waals surface area contributed by atoms with E-state index in [4.69, 9.17) is 0 Å². The standard InChI is InChI=1S/C6H16N2.2HI.Zn/c1-7(2)5-6-8(3)4;;;/h5-6H2,1-4H3;2*1H;/q;;;+2/p-2. The molecule has 0 amide bonds. The molecule has 11 heavy (non-hydrogen) atoms. The van der Waals surface area contributed by atoms with Crippen molar-refractivity contribution in [3.05, 3.63) is 0 Å². The van der Waals surface area contributed by atoms with Gasteiger partial charge in [0.2, 0.25) is 0 Å². The summed E-state index contributed by atoms with van der Waals surface area (Å²) in [4.78, 5) is 4.36. The Labute approximate surface area is 99.4 Å². The van der Waals surface area contributed by atoms with Gasteiger partial charge < -0.3 is 9.80 Å². The Morgan fingerprint density at radius 3 is 1.18 bits per heavy atom. The summed E-state index contributed by atoms with van der Waals surface area (Å²) in [5.41, 5.74) is 0. The fraction of sp³-hybridized carbons (Fsp3) is 1.00. The van der Waals surface area contributed by atoms with E-state index in [1.54, 1.807) is 0 Å². The molecule has 5 heteroatoms. The molecule has 0 N–H and O–H groups in total. The molecule has 0 spiro atoms. The first-order chi connectivity index (χ1) is 5.04. The average molecular weight is 435 g/mol. The minimum absolute atomic E-state index is 0.0650. The second-order valence-electron chi connectivity index (χ2n) is 2.71. The second-order valence-corrected chi connectivity index (χ2v) is 26.2. The van der Waals surface area contributed by atoms with Gasteiger partial charge in [0, 0.05) is 13.1 Å². The topological polar surface area (TPSA) is 6.48 Å². The van der Waals surface area contributed by atoms with E-state index >= 15 is 0 Å². The molecule has 0 saturated carbocycles. The Kier molecular flexibility index (Phi) is 16.9. The van der Waals surface area contributed by atoms with Gasteiger partial charge >= 0.3 is 49.6 Å². The van der Waals surface area contributed by atoms with Crippen LogP contribution in [0, 0.1) is 0 Å². The first-order valence-electron chi connectivity index (χ1n) is 3.46. The Balaban J connectivity index is 0. The van der Waals surface area contributed by atoms with Crippen molar-refractivity contribution in [3.8, 4) is 0 Å². The van der Waals surface area contributed by atoms with Crippen LogP contribution in [0.1, 0.15) is 0 Å². The number of likely N-dealkylation sites (N-methyl/N-ethyl adjacent to an activating group) is 2. The van der Waals surface area contributed by atoms with Gasteiger partial charge in [0.1, 0.15) is 0 Å². The maximum atomic E-state index is 2.46. The molecule has 0 aromatic heterocycles. The third kappa shape index (κ3) is 24.5. The van der Waals surface area contributed by atoms with Crippen LogP contribution in [0.15, 0.2) is 0 Å². The number of halogens is 2. The van der Waals surface area contributed by atoms with Crippen molar-refractivity contribution in [1.29, 1.82) is 0 Å². The molecule has 0 aromatic rings. The van der Waals surface area contributed by atoms with Crippen LogP contribution in [0.25, 0.3) is 0 Å². The Morgan fingerprint density at radius 2 is 1.09 bits per heavy atom. The van der Waals surface area contributed by atoms with Crippen molar-refractivity contribution in [1.82, 2.24) is 9.80 Å². The van der Waals surface area contributed by atoms with Gasteiger partial charge in [-0.2, -0.15) is 0 Å². The first kappa shape index (κ1) is 15.5. The fourth-order valence-electron chi connectivity index (χ4n) is 0.400. The number of nitrogens with zero attached hydrogens (tertiary/aromatic N) is 2. The Morgan fingerprint density at radius 1 is 0.909 bits per heavy atom. The molecule has 0 aliphatic heterocycles.